The van der Waals surface area contributed by atoms with E-state index in [1.807, 2.05) is 0 Å². The molecule has 2 aromatic rings. The fourth-order valence-corrected chi connectivity index (χ4v) is 1.57. The van der Waals surface area contributed by atoms with Gasteiger partial charge in [0.15, 0.2) is 0 Å². The first-order valence-electron chi connectivity index (χ1n) is 5.18. The number of hydrogen-bond acceptors (Lipinski definition) is 4. The van der Waals surface area contributed by atoms with Crippen molar-refractivity contribution in [3.05, 3.63) is 53.3 Å². The van der Waals surface area contributed by atoms with E-state index >= 15 is 0 Å². The molecule has 0 saturated heterocycles. The number of nitrogens with zero attached hydrogens (tertiary/aromatic N) is 1. The van der Waals surface area contributed by atoms with Gasteiger partial charge in [-0.25, -0.2) is 4.98 Å². The van der Waals surface area contributed by atoms with Crippen LogP contribution in [0.3, 0.4) is 0 Å². The van der Waals surface area contributed by atoms with E-state index in [2.05, 4.69) is 15.7 Å². The first-order chi connectivity index (χ1) is 8.69. The van der Waals surface area contributed by atoms with Crippen LogP contribution in [0.4, 0.5) is 11.4 Å². The lowest BCUT2D eigenvalue weighted by Crippen LogP contribution is -2.14. The van der Waals surface area contributed by atoms with Gasteiger partial charge in [-0.1, -0.05) is 17.7 Å². The van der Waals surface area contributed by atoms with Crippen LogP contribution < -0.4 is 16.6 Å². The molecular formula is C12H11ClN4O. The van der Waals surface area contributed by atoms with E-state index < -0.39 is 0 Å². The minimum atomic E-state index is -0.305. The summed E-state index contributed by atoms with van der Waals surface area (Å²) in [4.78, 5) is 15.8. The molecule has 0 bridgehead atoms. The van der Waals surface area contributed by atoms with Crippen molar-refractivity contribution in [2.75, 3.05) is 10.7 Å². The van der Waals surface area contributed by atoms with Crippen LogP contribution in [0.25, 0.3) is 0 Å². The molecule has 0 spiro atoms. The maximum absolute atomic E-state index is 11.9. The van der Waals surface area contributed by atoms with Crippen molar-refractivity contribution in [1.82, 2.24) is 4.98 Å². The Bertz CT molecular complexity index is 556. The number of hydrogen-bond donors (Lipinski definition) is 3. The van der Waals surface area contributed by atoms with Gasteiger partial charge in [0.1, 0.15) is 5.69 Å². The van der Waals surface area contributed by atoms with E-state index in [1.54, 1.807) is 36.4 Å². The molecular weight excluding hydrogens is 252 g/mol. The number of nitrogens with two attached hydrogens (primary N) is 1. The number of aromatic nitrogens is 1. The number of halogens is 1. The Morgan fingerprint density at radius 1 is 1.22 bits per heavy atom. The molecule has 1 aromatic heterocycles. The predicted molar refractivity (Wildman–Crippen MR) is 71.5 cm³/mol. The van der Waals surface area contributed by atoms with E-state index in [4.69, 9.17) is 17.4 Å². The molecule has 0 unspecified atom stereocenters. The standard InChI is InChI=1S/C12H11ClN4O/c13-8-2-1-3-9(6-8)16-12(18)11-5-4-10(17-14)7-15-11/h1-7,17H,14H2,(H,16,18). The SMILES string of the molecule is NNc1ccc(C(=O)Nc2cccc(Cl)c2)nc1. The van der Waals surface area contributed by atoms with Crippen LogP contribution in [0.1, 0.15) is 10.5 Å². The second kappa shape index (κ2) is 5.48. The van der Waals surface area contributed by atoms with Crippen LogP contribution in [0.2, 0.25) is 5.02 Å². The minimum Gasteiger partial charge on any atom is -0.323 e. The lowest BCUT2D eigenvalue weighted by Gasteiger charge is -2.05. The third-order valence-electron chi connectivity index (χ3n) is 2.25. The second-order valence-corrected chi connectivity index (χ2v) is 3.98. The third-order valence-corrected chi connectivity index (χ3v) is 2.48. The maximum Gasteiger partial charge on any atom is 0.274 e. The third kappa shape index (κ3) is 2.97. The number of amides is 1. The van der Waals surface area contributed by atoms with E-state index in [-0.39, 0.29) is 5.91 Å². The summed E-state index contributed by atoms with van der Waals surface area (Å²) >= 11 is 5.82. The molecule has 2 rings (SSSR count). The molecule has 0 radical (unpaired) electrons. The molecule has 6 heteroatoms. The van der Waals surface area contributed by atoms with Gasteiger partial charge in [-0.2, -0.15) is 0 Å². The Morgan fingerprint density at radius 2 is 2.06 bits per heavy atom. The molecule has 0 aliphatic heterocycles. The molecule has 0 aliphatic carbocycles. The van der Waals surface area contributed by atoms with Gasteiger partial charge in [-0.15, -0.1) is 0 Å². The molecule has 0 atom stereocenters. The molecule has 1 amide bonds. The van der Waals surface area contributed by atoms with Crippen molar-refractivity contribution >= 4 is 28.9 Å². The average Bonchev–Trinajstić information content (AvgIpc) is 2.39. The summed E-state index contributed by atoms with van der Waals surface area (Å²) in [6, 6.07) is 10.1. The van der Waals surface area contributed by atoms with Crippen LogP contribution in [0, 0.1) is 0 Å². The molecule has 1 heterocycles. The summed E-state index contributed by atoms with van der Waals surface area (Å²) in [5.41, 5.74) is 3.99. The lowest BCUT2D eigenvalue weighted by molar-refractivity contribution is 0.102. The topological polar surface area (TPSA) is 80.0 Å². The summed E-state index contributed by atoms with van der Waals surface area (Å²) in [5.74, 6) is 4.91. The zero-order valence-electron chi connectivity index (χ0n) is 9.35. The van der Waals surface area contributed by atoms with Crippen molar-refractivity contribution in [2.24, 2.45) is 5.84 Å². The van der Waals surface area contributed by atoms with Crippen molar-refractivity contribution in [2.45, 2.75) is 0 Å². The Hall–Kier alpha value is -2.11. The van der Waals surface area contributed by atoms with Gasteiger partial charge < -0.3 is 10.7 Å². The van der Waals surface area contributed by atoms with Crippen molar-refractivity contribution < 1.29 is 4.79 Å². The first kappa shape index (κ1) is 12.3. The molecule has 1 aromatic carbocycles. The minimum absolute atomic E-state index is 0.300. The van der Waals surface area contributed by atoms with E-state index in [0.717, 1.165) is 0 Å². The lowest BCUT2D eigenvalue weighted by atomic mass is 10.3. The normalized spacial score (nSPS) is 9.89. The Morgan fingerprint density at radius 3 is 2.67 bits per heavy atom. The number of carbonyl (C=O) groups excluding carboxylic acids is 1. The maximum atomic E-state index is 11.9. The zero-order valence-corrected chi connectivity index (χ0v) is 10.1. The molecule has 18 heavy (non-hydrogen) atoms. The summed E-state index contributed by atoms with van der Waals surface area (Å²) < 4.78 is 0. The number of rotatable bonds is 3. The summed E-state index contributed by atoms with van der Waals surface area (Å²) in [6.07, 6.45) is 1.48. The number of anilines is 2. The first-order valence-corrected chi connectivity index (χ1v) is 5.56. The van der Waals surface area contributed by atoms with Crippen molar-refractivity contribution in [3.8, 4) is 0 Å². The highest BCUT2D eigenvalue weighted by Crippen LogP contribution is 2.15. The Balaban J connectivity index is 2.11. The Labute approximate surface area is 109 Å². The number of nitrogens with one attached hydrogen (secondary N) is 2. The van der Waals surface area contributed by atoms with E-state index in [1.165, 1.54) is 6.20 Å². The number of pyridine rings is 1. The summed E-state index contributed by atoms with van der Waals surface area (Å²) in [7, 11) is 0. The van der Waals surface area contributed by atoms with Crippen molar-refractivity contribution in [1.29, 1.82) is 0 Å². The highest BCUT2D eigenvalue weighted by atomic mass is 35.5. The van der Waals surface area contributed by atoms with Gasteiger partial charge in [-0.3, -0.25) is 10.6 Å². The van der Waals surface area contributed by atoms with Gasteiger partial charge in [0.05, 0.1) is 11.9 Å². The zero-order chi connectivity index (χ0) is 13.0. The molecule has 0 aliphatic rings. The van der Waals surface area contributed by atoms with Gasteiger partial charge in [0.25, 0.3) is 5.91 Å². The van der Waals surface area contributed by atoms with Gasteiger partial charge in [0, 0.05) is 10.7 Å². The molecule has 0 saturated carbocycles. The molecule has 5 nitrogen and oxygen atoms in total. The average molecular weight is 263 g/mol. The number of hydrazine groups is 1. The number of nitrogen functional groups attached to an aromatic ring is 1. The number of carbonyl (C=O) groups is 1. The monoisotopic (exact) mass is 262 g/mol. The van der Waals surface area contributed by atoms with Crippen LogP contribution >= 0.6 is 11.6 Å². The predicted octanol–water partition coefficient (Wildman–Crippen LogP) is 2.27. The summed E-state index contributed by atoms with van der Waals surface area (Å²) in [5, 5.41) is 3.26. The quantitative estimate of drug-likeness (QED) is 0.586. The van der Waals surface area contributed by atoms with Gasteiger partial charge in [-0.05, 0) is 30.3 Å². The second-order valence-electron chi connectivity index (χ2n) is 3.54. The van der Waals surface area contributed by atoms with Gasteiger partial charge in [0.2, 0.25) is 0 Å². The van der Waals surface area contributed by atoms with Crippen LogP contribution in [0.15, 0.2) is 42.6 Å². The number of benzene rings is 1. The van der Waals surface area contributed by atoms with Gasteiger partial charge >= 0.3 is 0 Å². The molecule has 4 N–H and O–H groups in total. The van der Waals surface area contributed by atoms with Crippen molar-refractivity contribution in [3.63, 3.8) is 0 Å². The smallest absolute Gasteiger partial charge is 0.274 e. The van der Waals surface area contributed by atoms with E-state index in [9.17, 15) is 4.79 Å². The summed E-state index contributed by atoms with van der Waals surface area (Å²) in [6.45, 7) is 0. The molecule has 92 valence electrons. The molecule has 0 fully saturated rings. The largest absolute Gasteiger partial charge is 0.323 e. The fraction of sp³-hybridized carbons (Fsp3) is 0. The van der Waals surface area contributed by atoms with E-state index in [0.29, 0.717) is 22.1 Å². The highest BCUT2D eigenvalue weighted by Gasteiger charge is 2.07. The Kier molecular flexibility index (Phi) is 3.76. The van der Waals surface area contributed by atoms with Crippen LogP contribution in [0.5, 0.6) is 0 Å². The highest BCUT2D eigenvalue weighted by molar-refractivity contribution is 6.30. The fourth-order valence-electron chi connectivity index (χ4n) is 1.37. The van der Waals surface area contributed by atoms with Crippen LogP contribution in [-0.4, -0.2) is 10.9 Å². The van der Waals surface area contributed by atoms with Crippen LogP contribution in [-0.2, 0) is 0 Å².